The van der Waals surface area contributed by atoms with Crippen molar-refractivity contribution in [3.63, 3.8) is 0 Å². The Bertz CT molecular complexity index is 491. The first-order valence-electron chi connectivity index (χ1n) is 5.75. The minimum absolute atomic E-state index is 0.151. The maximum absolute atomic E-state index is 11.6. The third kappa shape index (κ3) is 5.08. The van der Waals surface area contributed by atoms with Crippen molar-refractivity contribution in [3.05, 3.63) is 24.0 Å². The molecule has 3 N–H and O–H groups in total. The SMILES string of the molecule is C#CC(CC)NC(=O)Nc1ccc(CC(=O)O)nc1. The zero-order valence-corrected chi connectivity index (χ0v) is 10.5. The van der Waals surface area contributed by atoms with Gasteiger partial charge in [-0.3, -0.25) is 9.78 Å². The number of pyridine rings is 1. The van der Waals surface area contributed by atoms with Crippen LogP contribution in [0.4, 0.5) is 10.5 Å². The summed E-state index contributed by atoms with van der Waals surface area (Å²) in [4.78, 5) is 26.0. The lowest BCUT2D eigenvalue weighted by molar-refractivity contribution is -0.136. The Morgan fingerprint density at radius 2 is 2.26 bits per heavy atom. The third-order valence-corrected chi connectivity index (χ3v) is 2.33. The first-order chi connectivity index (χ1) is 9.05. The molecule has 6 nitrogen and oxygen atoms in total. The minimum Gasteiger partial charge on any atom is -0.481 e. The van der Waals surface area contributed by atoms with Crippen molar-refractivity contribution in [1.82, 2.24) is 10.3 Å². The number of carbonyl (C=O) groups excluding carboxylic acids is 1. The second kappa shape index (κ2) is 7.01. The topological polar surface area (TPSA) is 91.3 Å². The summed E-state index contributed by atoms with van der Waals surface area (Å²) in [5.74, 6) is 1.49. The fraction of sp³-hybridized carbons (Fsp3) is 0.308. The molecule has 0 aliphatic rings. The first kappa shape index (κ1) is 14.5. The van der Waals surface area contributed by atoms with Crippen LogP contribution in [0.3, 0.4) is 0 Å². The number of hydrogen-bond acceptors (Lipinski definition) is 3. The van der Waals surface area contributed by atoms with E-state index in [1.54, 1.807) is 12.1 Å². The number of aliphatic carboxylic acids is 1. The molecule has 1 aromatic heterocycles. The fourth-order valence-electron chi connectivity index (χ4n) is 1.34. The third-order valence-electron chi connectivity index (χ3n) is 2.33. The van der Waals surface area contributed by atoms with E-state index in [4.69, 9.17) is 11.5 Å². The van der Waals surface area contributed by atoms with Crippen LogP contribution < -0.4 is 10.6 Å². The van der Waals surface area contributed by atoms with E-state index in [0.29, 0.717) is 17.8 Å². The molecule has 0 fully saturated rings. The Hall–Kier alpha value is -2.55. The molecular weight excluding hydrogens is 246 g/mol. The highest BCUT2D eigenvalue weighted by atomic mass is 16.4. The molecule has 6 heteroatoms. The number of aromatic nitrogens is 1. The molecule has 1 rings (SSSR count). The second-order valence-electron chi connectivity index (χ2n) is 3.83. The van der Waals surface area contributed by atoms with Gasteiger partial charge in [0.15, 0.2) is 0 Å². The number of amides is 2. The van der Waals surface area contributed by atoms with E-state index in [9.17, 15) is 9.59 Å². The van der Waals surface area contributed by atoms with Crippen molar-refractivity contribution in [2.75, 3.05) is 5.32 Å². The second-order valence-corrected chi connectivity index (χ2v) is 3.83. The largest absolute Gasteiger partial charge is 0.481 e. The average molecular weight is 261 g/mol. The zero-order chi connectivity index (χ0) is 14.3. The van der Waals surface area contributed by atoms with Gasteiger partial charge in [-0.05, 0) is 18.6 Å². The standard InChI is InChI=1S/C13H15N3O3/c1-3-9(4-2)15-13(19)16-11-6-5-10(14-8-11)7-12(17)18/h1,5-6,8-9H,4,7H2,2H3,(H,17,18)(H2,15,16,19). The summed E-state index contributed by atoms with van der Waals surface area (Å²) in [6.07, 6.45) is 7.12. The van der Waals surface area contributed by atoms with Crippen molar-refractivity contribution in [2.24, 2.45) is 0 Å². The molecule has 1 atom stereocenters. The molecule has 19 heavy (non-hydrogen) atoms. The van der Waals surface area contributed by atoms with Crippen LogP contribution in [-0.4, -0.2) is 28.1 Å². The van der Waals surface area contributed by atoms with Gasteiger partial charge in [-0.2, -0.15) is 0 Å². The van der Waals surface area contributed by atoms with Gasteiger partial charge in [0.05, 0.1) is 30.0 Å². The molecule has 1 unspecified atom stereocenters. The Kier molecular flexibility index (Phi) is 5.35. The van der Waals surface area contributed by atoms with Crippen LogP contribution in [0.25, 0.3) is 0 Å². The van der Waals surface area contributed by atoms with Crippen LogP contribution in [0.5, 0.6) is 0 Å². The number of carbonyl (C=O) groups is 2. The van der Waals surface area contributed by atoms with Crippen LogP contribution in [0.2, 0.25) is 0 Å². The van der Waals surface area contributed by atoms with Gasteiger partial charge in [-0.15, -0.1) is 6.42 Å². The first-order valence-corrected chi connectivity index (χ1v) is 5.75. The Morgan fingerprint density at radius 1 is 1.53 bits per heavy atom. The molecule has 0 spiro atoms. The maximum Gasteiger partial charge on any atom is 0.320 e. The van der Waals surface area contributed by atoms with Gasteiger partial charge in [-0.25, -0.2) is 4.79 Å². The molecular formula is C13H15N3O3. The highest BCUT2D eigenvalue weighted by Gasteiger charge is 2.08. The summed E-state index contributed by atoms with van der Waals surface area (Å²) in [7, 11) is 0. The van der Waals surface area contributed by atoms with E-state index in [1.807, 2.05) is 6.92 Å². The Morgan fingerprint density at radius 3 is 2.74 bits per heavy atom. The molecule has 0 radical (unpaired) electrons. The highest BCUT2D eigenvalue weighted by molar-refractivity contribution is 5.89. The maximum atomic E-state index is 11.6. The molecule has 0 saturated carbocycles. The van der Waals surface area contributed by atoms with E-state index in [2.05, 4.69) is 21.5 Å². The van der Waals surface area contributed by atoms with E-state index < -0.39 is 12.0 Å². The lowest BCUT2D eigenvalue weighted by atomic mass is 10.2. The van der Waals surface area contributed by atoms with Gasteiger partial charge >= 0.3 is 12.0 Å². The Labute approximate surface area is 111 Å². The fourth-order valence-corrected chi connectivity index (χ4v) is 1.34. The van der Waals surface area contributed by atoms with Crippen LogP contribution >= 0.6 is 0 Å². The number of carboxylic acids is 1. The summed E-state index contributed by atoms with van der Waals surface area (Å²) >= 11 is 0. The monoisotopic (exact) mass is 261 g/mol. The molecule has 0 aliphatic heterocycles. The lowest BCUT2D eigenvalue weighted by Crippen LogP contribution is -2.36. The summed E-state index contributed by atoms with van der Waals surface area (Å²) in [5, 5.41) is 13.8. The lowest BCUT2D eigenvalue weighted by Gasteiger charge is -2.11. The van der Waals surface area contributed by atoms with Crippen LogP contribution in [-0.2, 0) is 11.2 Å². The van der Waals surface area contributed by atoms with Crippen molar-refractivity contribution < 1.29 is 14.7 Å². The van der Waals surface area contributed by atoms with Gasteiger partial charge in [-0.1, -0.05) is 12.8 Å². The van der Waals surface area contributed by atoms with Gasteiger partial charge in [0.2, 0.25) is 0 Å². The molecule has 1 aromatic rings. The Balaban J connectivity index is 2.56. The van der Waals surface area contributed by atoms with Crippen molar-refractivity contribution in [2.45, 2.75) is 25.8 Å². The molecule has 0 aliphatic carbocycles. The average Bonchev–Trinajstić information content (AvgIpc) is 2.37. The number of hydrogen-bond donors (Lipinski definition) is 3. The van der Waals surface area contributed by atoms with E-state index in [0.717, 1.165) is 0 Å². The molecule has 0 bridgehead atoms. The number of terminal acetylenes is 1. The number of nitrogens with zero attached hydrogens (tertiary/aromatic N) is 1. The van der Waals surface area contributed by atoms with Gasteiger partial charge in [0, 0.05) is 0 Å². The summed E-state index contributed by atoms with van der Waals surface area (Å²) in [6.45, 7) is 1.87. The normalized spacial score (nSPS) is 11.2. The summed E-state index contributed by atoms with van der Waals surface area (Å²) in [5.41, 5.74) is 0.895. The number of urea groups is 1. The predicted octanol–water partition coefficient (Wildman–Crippen LogP) is 1.24. The van der Waals surface area contributed by atoms with E-state index >= 15 is 0 Å². The van der Waals surface area contributed by atoms with Crippen molar-refractivity contribution in [3.8, 4) is 12.3 Å². The molecule has 1 heterocycles. The van der Waals surface area contributed by atoms with Crippen LogP contribution in [0.15, 0.2) is 18.3 Å². The predicted molar refractivity (Wildman–Crippen MR) is 70.6 cm³/mol. The van der Waals surface area contributed by atoms with Crippen LogP contribution in [0, 0.1) is 12.3 Å². The number of anilines is 1. The molecule has 0 saturated heterocycles. The number of carboxylic acid groups (broad SMARTS) is 1. The van der Waals surface area contributed by atoms with Gasteiger partial charge in [0.25, 0.3) is 0 Å². The quantitative estimate of drug-likeness (QED) is 0.695. The zero-order valence-electron chi connectivity index (χ0n) is 10.5. The summed E-state index contributed by atoms with van der Waals surface area (Å²) < 4.78 is 0. The van der Waals surface area contributed by atoms with E-state index in [1.165, 1.54) is 6.20 Å². The number of nitrogens with one attached hydrogen (secondary N) is 2. The molecule has 2 amide bonds. The van der Waals surface area contributed by atoms with Crippen molar-refractivity contribution in [1.29, 1.82) is 0 Å². The minimum atomic E-state index is -0.953. The van der Waals surface area contributed by atoms with E-state index in [-0.39, 0.29) is 12.5 Å². The smallest absolute Gasteiger partial charge is 0.320 e. The van der Waals surface area contributed by atoms with Gasteiger partial charge in [0.1, 0.15) is 0 Å². The highest BCUT2D eigenvalue weighted by Crippen LogP contribution is 2.06. The van der Waals surface area contributed by atoms with Gasteiger partial charge < -0.3 is 15.7 Å². The van der Waals surface area contributed by atoms with Crippen LogP contribution in [0.1, 0.15) is 19.0 Å². The summed E-state index contributed by atoms with van der Waals surface area (Å²) in [6, 6.07) is 2.39. The molecule has 0 aromatic carbocycles. The number of rotatable bonds is 5. The molecule has 100 valence electrons. The van der Waals surface area contributed by atoms with Crippen molar-refractivity contribution >= 4 is 17.7 Å².